The van der Waals surface area contributed by atoms with E-state index < -0.39 is 0 Å². The zero-order valence-corrected chi connectivity index (χ0v) is 16.6. The van der Waals surface area contributed by atoms with Crippen molar-refractivity contribution in [1.82, 2.24) is 9.80 Å². The fourth-order valence-electron chi connectivity index (χ4n) is 4.48. The quantitative estimate of drug-likeness (QED) is 0.722. The summed E-state index contributed by atoms with van der Waals surface area (Å²) in [6, 6.07) is 10.9. The molecule has 140 valence electrons. The molecule has 0 N–H and O–H groups in total. The van der Waals surface area contributed by atoms with Crippen LogP contribution in [-0.4, -0.2) is 61.7 Å². The van der Waals surface area contributed by atoms with E-state index in [0.29, 0.717) is 0 Å². The highest BCUT2D eigenvalue weighted by Crippen LogP contribution is 2.23. The Morgan fingerprint density at radius 1 is 0.880 bits per heavy atom. The molecule has 2 fully saturated rings. The zero-order chi connectivity index (χ0) is 17.6. The smallest absolute Gasteiger partial charge is 0.0367 e. The third-order valence-corrected chi connectivity index (χ3v) is 6.31. The minimum Gasteiger partial charge on any atom is -0.369 e. The van der Waals surface area contributed by atoms with Gasteiger partial charge in [0, 0.05) is 44.0 Å². The molecule has 0 aliphatic carbocycles. The molecule has 2 aliphatic rings. The van der Waals surface area contributed by atoms with Gasteiger partial charge in [0.1, 0.15) is 0 Å². The number of nitrogens with zero attached hydrogens (tertiary/aromatic N) is 3. The van der Waals surface area contributed by atoms with E-state index in [4.69, 9.17) is 0 Å². The van der Waals surface area contributed by atoms with E-state index in [1.807, 2.05) is 0 Å². The largest absolute Gasteiger partial charge is 0.369 e. The van der Waals surface area contributed by atoms with Crippen LogP contribution >= 0.6 is 0 Å². The Morgan fingerprint density at radius 2 is 1.52 bits per heavy atom. The average Bonchev–Trinajstić information content (AvgIpc) is 2.62. The van der Waals surface area contributed by atoms with E-state index in [9.17, 15) is 0 Å². The molecule has 0 spiro atoms. The molecule has 2 heterocycles. The Kier molecular flexibility index (Phi) is 6.77. The van der Waals surface area contributed by atoms with E-state index in [1.54, 1.807) is 0 Å². The molecule has 0 bridgehead atoms. The van der Waals surface area contributed by atoms with Crippen molar-refractivity contribution >= 4 is 5.69 Å². The van der Waals surface area contributed by atoms with Crippen molar-refractivity contribution in [1.29, 1.82) is 0 Å². The van der Waals surface area contributed by atoms with Crippen LogP contribution in [-0.2, 0) is 6.42 Å². The number of anilines is 1. The summed E-state index contributed by atoms with van der Waals surface area (Å²) in [7, 11) is 2.21. The molecule has 0 amide bonds. The number of piperidine rings is 1. The molecule has 3 rings (SSSR count). The summed E-state index contributed by atoms with van der Waals surface area (Å²) >= 11 is 0. The number of likely N-dealkylation sites (N-methyl/N-ethyl adjacent to an activating group) is 1. The number of unbranched alkanes of at least 4 members (excludes halogenated alkanes) is 1. The zero-order valence-electron chi connectivity index (χ0n) is 16.6. The fraction of sp³-hybridized carbons (Fsp3) is 0.727. The topological polar surface area (TPSA) is 9.72 Å². The van der Waals surface area contributed by atoms with Crippen molar-refractivity contribution in [3.05, 3.63) is 29.8 Å². The van der Waals surface area contributed by atoms with Crippen LogP contribution in [0.5, 0.6) is 0 Å². The minimum absolute atomic E-state index is 0.784. The third kappa shape index (κ3) is 5.21. The van der Waals surface area contributed by atoms with Gasteiger partial charge in [0.15, 0.2) is 0 Å². The average molecular weight is 344 g/mol. The summed E-state index contributed by atoms with van der Waals surface area (Å²) in [6.45, 7) is 10.8. The third-order valence-electron chi connectivity index (χ3n) is 6.31. The number of rotatable bonds is 6. The van der Waals surface area contributed by atoms with Gasteiger partial charge in [-0.2, -0.15) is 0 Å². The van der Waals surface area contributed by atoms with Gasteiger partial charge in [-0.05, 0) is 77.2 Å². The first-order chi connectivity index (χ1) is 12.1. The summed E-state index contributed by atoms with van der Waals surface area (Å²) in [4.78, 5) is 7.66. The van der Waals surface area contributed by atoms with Crippen LogP contribution in [0.1, 0.15) is 51.5 Å². The molecule has 2 atom stereocenters. The van der Waals surface area contributed by atoms with Crippen molar-refractivity contribution in [2.24, 2.45) is 0 Å². The van der Waals surface area contributed by atoms with Crippen LogP contribution in [0, 0.1) is 0 Å². The van der Waals surface area contributed by atoms with E-state index in [0.717, 1.165) is 25.2 Å². The molecule has 1 aromatic carbocycles. The van der Waals surface area contributed by atoms with Crippen molar-refractivity contribution in [3.8, 4) is 0 Å². The second-order valence-corrected chi connectivity index (χ2v) is 8.28. The maximum Gasteiger partial charge on any atom is 0.0367 e. The molecular weight excluding hydrogens is 306 g/mol. The maximum atomic E-state index is 2.74. The van der Waals surface area contributed by atoms with E-state index in [1.165, 1.54) is 69.4 Å². The number of likely N-dealkylation sites (tertiary alicyclic amines) is 1. The fourth-order valence-corrected chi connectivity index (χ4v) is 4.48. The lowest BCUT2D eigenvalue weighted by molar-refractivity contribution is 0.101. The van der Waals surface area contributed by atoms with Crippen LogP contribution in [0.25, 0.3) is 0 Å². The van der Waals surface area contributed by atoms with Gasteiger partial charge >= 0.3 is 0 Å². The lowest BCUT2D eigenvalue weighted by Gasteiger charge is -2.39. The summed E-state index contributed by atoms with van der Waals surface area (Å²) < 4.78 is 0. The predicted molar refractivity (Wildman–Crippen MR) is 109 cm³/mol. The van der Waals surface area contributed by atoms with Gasteiger partial charge in [-0.3, -0.25) is 4.90 Å². The number of hydrogen-bond donors (Lipinski definition) is 0. The monoisotopic (exact) mass is 343 g/mol. The molecule has 2 unspecified atom stereocenters. The maximum absolute atomic E-state index is 2.74. The molecule has 2 saturated heterocycles. The summed E-state index contributed by atoms with van der Waals surface area (Å²) in [5.41, 5.74) is 2.89. The van der Waals surface area contributed by atoms with Gasteiger partial charge in [0.2, 0.25) is 0 Å². The molecule has 2 aliphatic heterocycles. The molecule has 3 nitrogen and oxygen atoms in total. The normalized spacial score (nSPS) is 26.1. The molecule has 0 radical (unpaired) electrons. The second-order valence-electron chi connectivity index (χ2n) is 8.28. The Labute approximate surface area is 155 Å². The number of hydrogen-bond acceptors (Lipinski definition) is 3. The number of piperazine rings is 1. The molecule has 0 aromatic heterocycles. The summed E-state index contributed by atoms with van der Waals surface area (Å²) in [6.07, 6.45) is 8.05. The van der Waals surface area contributed by atoms with Crippen LogP contribution in [0.4, 0.5) is 5.69 Å². The lowest BCUT2D eigenvalue weighted by atomic mass is 9.97. The van der Waals surface area contributed by atoms with Gasteiger partial charge in [-0.1, -0.05) is 18.6 Å². The standard InChI is InChI=1S/C22H37N3/c1-19-7-6-8-20(2)25(19)14-5-4-9-21-10-12-22(13-11-21)24-17-15-23(3)16-18-24/h10-13,19-20H,4-9,14-18H2,1-3H3. The lowest BCUT2D eigenvalue weighted by Crippen LogP contribution is -2.44. The van der Waals surface area contributed by atoms with Crippen molar-refractivity contribution in [2.45, 2.75) is 64.5 Å². The Morgan fingerprint density at radius 3 is 2.16 bits per heavy atom. The Balaban J connectivity index is 1.40. The van der Waals surface area contributed by atoms with Gasteiger partial charge < -0.3 is 9.80 Å². The van der Waals surface area contributed by atoms with Crippen molar-refractivity contribution in [3.63, 3.8) is 0 Å². The predicted octanol–water partition coefficient (Wildman–Crippen LogP) is 4.02. The first-order valence-electron chi connectivity index (χ1n) is 10.4. The summed E-state index contributed by atoms with van der Waals surface area (Å²) in [5.74, 6) is 0. The highest BCUT2D eigenvalue weighted by atomic mass is 15.2. The van der Waals surface area contributed by atoms with Crippen molar-refractivity contribution < 1.29 is 0 Å². The van der Waals surface area contributed by atoms with Crippen molar-refractivity contribution in [2.75, 3.05) is 44.7 Å². The van der Waals surface area contributed by atoms with Gasteiger partial charge in [0.05, 0.1) is 0 Å². The second kappa shape index (κ2) is 9.05. The van der Waals surface area contributed by atoms with Crippen LogP contribution in [0.2, 0.25) is 0 Å². The number of benzene rings is 1. The minimum atomic E-state index is 0.784. The van der Waals surface area contributed by atoms with Crippen LogP contribution < -0.4 is 4.90 Å². The first kappa shape index (κ1) is 18.7. The number of aryl methyl sites for hydroxylation is 1. The SMILES string of the molecule is CC1CCCC(C)N1CCCCc1ccc(N2CCN(C)CC2)cc1. The first-order valence-corrected chi connectivity index (χ1v) is 10.4. The van der Waals surface area contributed by atoms with Gasteiger partial charge in [0.25, 0.3) is 0 Å². The molecule has 1 aromatic rings. The molecule has 0 saturated carbocycles. The Bertz CT molecular complexity index is 495. The van der Waals surface area contributed by atoms with E-state index in [2.05, 4.69) is 59.9 Å². The van der Waals surface area contributed by atoms with Crippen LogP contribution in [0.15, 0.2) is 24.3 Å². The van der Waals surface area contributed by atoms with Crippen LogP contribution in [0.3, 0.4) is 0 Å². The van der Waals surface area contributed by atoms with Gasteiger partial charge in [-0.15, -0.1) is 0 Å². The van der Waals surface area contributed by atoms with E-state index >= 15 is 0 Å². The molecular formula is C22H37N3. The van der Waals surface area contributed by atoms with Gasteiger partial charge in [-0.25, -0.2) is 0 Å². The highest BCUT2D eigenvalue weighted by molar-refractivity contribution is 5.48. The molecule has 3 heteroatoms. The molecule has 25 heavy (non-hydrogen) atoms. The van der Waals surface area contributed by atoms with E-state index in [-0.39, 0.29) is 0 Å². The summed E-state index contributed by atoms with van der Waals surface area (Å²) in [5, 5.41) is 0. The highest BCUT2D eigenvalue weighted by Gasteiger charge is 2.23. The Hall–Kier alpha value is -1.06.